The maximum atomic E-state index is 12.6. The van der Waals surface area contributed by atoms with Gasteiger partial charge >= 0.3 is 0 Å². The number of nitrogens with zero attached hydrogens (tertiary/aromatic N) is 3. The second-order valence-electron chi connectivity index (χ2n) is 9.84. The van der Waals surface area contributed by atoms with Crippen molar-refractivity contribution in [3.63, 3.8) is 0 Å². The first-order valence-electron chi connectivity index (χ1n) is 12.5. The van der Waals surface area contributed by atoms with Crippen LogP contribution in [0, 0.1) is 5.92 Å². The number of fused-ring (bicyclic) bond motifs is 2. The number of rotatable bonds is 4. The molecular weight excluding hydrogens is 512 g/mol. The van der Waals surface area contributed by atoms with Crippen LogP contribution in [-0.2, 0) is 4.79 Å². The first-order valence-corrected chi connectivity index (χ1v) is 13.3. The number of H-pyrrole nitrogens is 1. The van der Waals surface area contributed by atoms with Gasteiger partial charge < -0.3 is 9.88 Å². The van der Waals surface area contributed by atoms with Crippen molar-refractivity contribution >= 4 is 50.0 Å². The molecule has 0 spiro atoms. The lowest BCUT2D eigenvalue weighted by molar-refractivity contribution is -0.131. The van der Waals surface area contributed by atoms with Gasteiger partial charge in [-0.05, 0) is 81.5 Å². The quantitative estimate of drug-likeness (QED) is 0.266. The molecule has 0 bridgehead atoms. The van der Waals surface area contributed by atoms with Crippen LogP contribution in [0.4, 0.5) is 0 Å². The maximum absolute atomic E-state index is 12.6. The van der Waals surface area contributed by atoms with Crippen molar-refractivity contribution in [3.05, 3.63) is 83.0 Å². The SMILES string of the molecule is O=C(C1CC1)N1CCC(=Cn2c(-c3ccc(-c4ccc5cc[nH]c5c4)cc3)nc3c(Br)cccc32)C1. The number of amides is 1. The zero-order valence-electron chi connectivity index (χ0n) is 19.7. The molecule has 2 fully saturated rings. The minimum Gasteiger partial charge on any atom is -0.361 e. The summed E-state index contributed by atoms with van der Waals surface area (Å²) in [6.45, 7) is 1.52. The Kier molecular flexibility index (Phi) is 5.10. The van der Waals surface area contributed by atoms with Gasteiger partial charge in [0.1, 0.15) is 11.3 Å². The predicted octanol–water partition coefficient (Wildman–Crippen LogP) is 7.10. The number of imidazole rings is 1. The van der Waals surface area contributed by atoms with Crippen LogP contribution in [-0.4, -0.2) is 38.4 Å². The summed E-state index contributed by atoms with van der Waals surface area (Å²) < 4.78 is 3.17. The van der Waals surface area contributed by atoms with Crippen molar-refractivity contribution in [1.29, 1.82) is 0 Å². The summed E-state index contributed by atoms with van der Waals surface area (Å²) in [7, 11) is 0. The maximum Gasteiger partial charge on any atom is 0.225 e. The number of para-hydroxylation sites is 1. The van der Waals surface area contributed by atoms with Crippen molar-refractivity contribution in [2.75, 3.05) is 13.1 Å². The average molecular weight is 537 g/mol. The molecule has 36 heavy (non-hydrogen) atoms. The second kappa shape index (κ2) is 8.49. The van der Waals surface area contributed by atoms with Gasteiger partial charge in [0.15, 0.2) is 0 Å². The number of nitrogens with one attached hydrogen (secondary N) is 1. The molecular formula is C30H25BrN4O. The van der Waals surface area contributed by atoms with Gasteiger partial charge in [-0.1, -0.05) is 42.5 Å². The Morgan fingerprint density at radius 2 is 1.81 bits per heavy atom. The molecule has 2 aromatic heterocycles. The van der Waals surface area contributed by atoms with Gasteiger partial charge in [0.05, 0.1) is 5.52 Å². The highest BCUT2D eigenvalue weighted by atomic mass is 79.9. The lowest BCUT2D eigenvalue weighted by Gasteiger charge is -2.14. The number of aromatic nitrogens is 3. The van der Waals surface area contributed by atoms with Crippen LogP contribution in [0.1, 0.15) is 19.3 Å². The van der Waals surface area contributed by atoms with Crippen molar-refractivity contribution in [2.45, 2.75) is 19.3 Å². The van der Waals surface area contributed by atoms with E-state index in [2.05, 4.69) is 86.3 Å². The molecule has 1 aliphatic heterocycles. The van der Waals surface area contributed by atoms with Crippen LogP contribution in [0.25, 0.3) is 50.7 Å². The zero-order chi connectivity index (χ0) is 24.2. The summed E-state index contributed by atoms with van der Waals surface area (Å²) in [4.78, 5) is 22.9. The highest BCUT2D eigenvalue weighted by Gasteiger charge is 2.35. The second-order valence-corrected chi connectivity index (χ2v) is 10.7. The van der Waals surface area contributed by atoms with Gasteiger partial charge in [-0.2, -0.15) is 0 Å². The summed E-state index contributed by atoms with van der Waals surface area (Å²) in [6.07, 6.45) is 7.18. The van der Waals surface area contributed by atoms with E-state index >= 15 is 0 Å². The normalized spacial score (nSPS) is 17.0. The van der Waals surface area contributed by atoms with E-state index in [1.807, 2.05) is 23.2 Å². The Morgan fingerprint density at radius 3 is 2.64 bits per heavy atom. The summed E-state index contributed by atoms with van der Waals surface area (Å²) in [5.74, 6) is 1.49. The largest absolute Gasteiger partial charge is 0.361 e. The lowest BCUT2D eigenvalue weighted by atomic mass is 10.0. The highest BCUT2D eigenvalue weighted by molar-refractivity contribution is 9.10. The molecule has 1 aliphatic carbocycles. The van der Waals surface area contributed by atoms with Crippen LogP contribution in [0.5, 0.6) is 0 Å². The summed E-state index contributed by atoms with van der Waals surface area (Å²) in [5, 5.41) is 1.21. The smallest absolute Gasteiger partial charge is 0.225 e. The third kappa shape index (κ3) is 3.77. The monoisotopic (exact) mass is 536 g/mol. The van der Waals surface area contributed by atoms with Crippen molar-refractivity contribution < 1.29 is 4.79 Å². The van der Waals surface area contributed by atoms with Gasteiger partial charge in [0.25, 0.3) is 0 Å². The third-order valence-corrected chi connectivity index (χ3v) is 7.99. The van der Waals surface area contributed by atoms with Crippen LogP contribution in [0.2, 0.25) is 0 Å². The van der Waals surface area contributed by atoms with E-state index in [4.69, 9.17) is 4.98 Å². The zero-order valence-corrected chi connectivity index (χ0v) is 21.3. The van der Waals surface area contributed by atoms with Crippen LogP contribution >= 0.6 is 15.9 Å². The summed E-state index contributed by atoms with van der Waals surface area (Å²) in [5.41, 5.74) is 7.81. The fraction of sp³-hybridized carbons (Fsp3) is 0.200. The fourth-order valence-corrected chi connectivity index (χ4v) is 5.65. The van der Waals surface area contributed by atoms with Crippen LogP contribution < -0.4 is 0 Å². The van der Waals surface area contributed by atoms with Gasteiger partial charge in [-0.25, -0.2) is 4.98 Å². The standard InChI is InChI=1S/C30H25BrN4O/c31-25-2-1-3-27-28(25)33-29(35(27)18-19-13-15-34(17-19)30(36)23-9-10-23)22-7-4-20(5-8-22)24-11-6-21-12-14-32-26(21)16-24/h1-8,11-12,14,16,18,23,32H,9-10,13,15,17H2. The Balaban J connectivity index is 1.26. The van der Waals surface area contributed by atoms with Gasteiger partial charge in [0, 0.05) is 47.0 Å². The molecule has 6 heteroatoms. The number of halogens is 1. The van der Waals surface area contributed by atoms with Crippen molar-refractivity contribution in [2.24, 2.45) is 5.92 Å². The van der Waals surface area contributed by atoms with E-state index in [0.29, 0.717) is 12.5 Å². The minimum absolute atomic E-state index is 0.265. The number of aromatic amines is 1. The molecule has 1 amide bonds. The molecule has 3 aromatic carbocycles. The molecule has 0 unspecified atom stereocenters. The van der Waals surface area contributed by atoms with E-state index in [1.165, 1.54) is 22.1 Å². The number of carbonyl (C=O) groups excluding carboxylic acids is 1. The van der Waals surface area contributed by atoms with Gasteiger partial charge in [0.2, 0.25) is 5.91 Å². The number of hydrogen-bond donors (Lipinski definition) is 1. The third-order valence-electron chi connectivity index (χ3n) is 7.35. The summed E-state index contributed by atoms with van der Waals surface area (Å²) in [6, 6.07) is 23.4. The van der Waals surface area contributed by atoms with Gasteiger partial charge in [-0.15, -0.1) is 0 Å². The Hall–Kier alpha value is -3.64. The van der Waals surface area contributed by atoms with Gasteiger partial charge in [-0.3, -0.25) is 9.36 Å². The number of carbonyl (C=O) groups is 1. The topological polar surface area (TPSA) is 53.9 Å². The molecule has 7 rings (SSSR count). The molecule has 2 aliphatic rings. The molecule has 5 aromatic rings. The highest BCUT2D eigenvalue weighted by Crippen LogP contribution is 2.35. The van der Waals surface area contributed by atoms with E-state index in [1.54, 1.807) is 0 Å². The van der Waals surface area contributed by atoms with E-state index in [0.717, 1.165) is 58.2 Å². The first kappa shape index (κ1) is 21.6. The Labute approximate surface area is 217 Å². The molecule has 1 saturated carbocycles. The molecule has 3 heterocycles. The lowest BCUT2D eigenvalue weighted by Crippen LogP contribution is -2.29. The molecule has 0 radical (unpaired) electrons. The average Bonchev–Trinajstić information content (AvgIpc) is 3.30. The fourth-order valence-electron chi connectivity index (χ4n) is 5.20. The Bertz CT molecular complexity index is 1660. The first-order chi connectivity index (χ1) is 17.6. The van der Waals surface area contributed by atoms with Crippen molar-refractivity contribution in [3.8, 4) is 22.5 Å². The molecule has 178 valence electrons. The van der Waals surface area contributed by atoms with E-state index in [-0.39, 0.29) is 5.92 Å². The number of likely N-dealkylation sites (tertiary alicyclic amines) is 1. The number of hydrogen-bond acceptors (Lipinski definition) is 2. The Morgan fingerprint density at radius 1 is 1.00 bits per heavy atom. The van der Waals surface area contributed by atoms with Crippen LogP contribution in [0.3, 0.4) is 0 Å². The molecule has 1 N–H and O–H groups in total. The molecule has 1 saturated heterocycles. The minimum atomic E-state index is 0.265. The number of benzene rings is 3. The van der Waals surface area contributed by atoms with Crippen LogP contribution in [0.15, 0.2) is 83.0 Å². The van der Waals surface area contributed by atoms with Crippen molar-refractivity contribution in [1.82, 2.24) is 19.4 Å². The van der Waals surface area contributed by atoms with E-state index in [9.17, 15) is 4.79 Å². The van der Waals surface area contributed by atoms with E-state index < -0.39 is 0 Å². The predicted molar refractivity (Wildman–Crippen MR) is 148 cm³/mol. The molecule has 5 nitrogen and oxygen atoms in total. The molecule has 0 atom stereocenters. The summed E-state index contributed by atoms with van der Waals surface area (Å²) >= 11 is 3.69.